The van der Waals surface area contributed by atoms with Gasteiger partial charge in [-0.3, -0.25) is 0 Å². The number of ether oxygens (including phenoxy) is 2. The molecule has 0 bridgehead atoms. The lowest BCUT2D eigenvalue weighted by atomic mass is 10.2. The second-order valence-corrected chi connectivity index (χ2v) is 5.93. The van der Waals surface area contributed by atoms with Crippen LogP contribution in [0.1, 0.15) is 5.56 Å². The van der Waals surface area contributed by atoms with Crippen LogP contribution in [0.25, 0.3) is 0 Å². The summed E-state index contributed by atoms with van der Waals surface area (Å²) < 4.78 is 10.6. The molecule has 0 aromatic heterocycles. The van der Waals surface area contributed by atoms with Crippen molar-refractivity contribution in [2.45, 2.75) is 6.54 Å². The Morgan fingerprint density at radius 1 is 1.04 bits per heavy atom. The maximum atomic E-state index is 5.94. The number of rotatable bonds is 3. The third-order valence-electron chi connectivity index (χ3n) is 3.29. The molecule has 130 valence electrons. The summed E-state index contributed by atoms with van der Waals surface area (Å²) >= 11 is 11.8. The van der Waals surface area contributed by atoms with E-state index in [-0.39, 0.29) is 18.7 Å². The van der Waals surface area contributed by atoms with Crippen LogP contribution in [0.3, 0.4) is 0 Å². The van der Waals surface area contributed by atoms with E-state index in [9.17, 15) is 0 Å². The van der Waals surface area contributed by atoms with E-state index in [1.165, 1.54) is 0 Å². The van der Waals surface area contributed by atoms with Gasteiger partial charge in [-0.1, -0.05) is 29.3 Å². The van der Waals surface area contributed by atoms with Crippen molar-refractivity contribution in [3.05, 3.63) is 52.0 Å². The minimum Gasteiger partial charge on any atom is -0.454 e. The van der Waals surface area contributed by atoms with Gasteiger partial charge >= 0.3 is 0 Å². The van der Waals surface area contributed by atoms with Gasteiger partial charge in [-0.25, -0.2) is 4.99 Å². The minimum atomic E-state index is 0.0442. The lowest BCUT2D eigenvalue weighted by Crippen LogP contribution is -2.26. The second kappa shape index (κ2) is 7.50. The van der Waals surface area contributed by atoms with Crippen molar-refractivity contribution in [2.24, 2.45) is 21.5 Å². The molecular weight excluding hydrogens is 365 g/mol. The summed E-state index contributed by atoms with van der Waals surface area (Å²) in [7, 11) is 0. The Bertz CT molecular complexity index is 854. The fraction of sp³-hybridized carbons (Fsp3) is 0.125. The van der Waals surface area contributed by atoms with Gasteiger partial charge in [0.15, 0.2) is 11.5 Å². The van der Waals surface area contributed by atoms with Crippen LogP contribution in [-0.4, -0.2) is 18.7 Å². The largest absolute Gasteiger partial charge is 0.454 e. The molecule has 0 spiro atoms. The fourth-order valence-corrected chi connectivity index (χ4v) is 2.42. The van der Waals surface area contributed by atoms with E-state index in [4.69, 9.17) is 44.1 Å². The van der Waals surface area contributed by atoms with E-state index in [0.717, 1.165) is 5.56 Å². The Labute approximate surface area is 154 Å². The molecule has 0 amide bonds. The molecule has 25 heavy (non-hydrogen) atoms. The van der Waals surface area contributed by atoms with Gasteiger partial charge in [0.1, 0.15) is 0 Å². The van der Waals surface area contributed by atoms with Crippen molar-refractivity contribution >= 4 is 40.8 Å². The van der Waals surface area contributed by atoms with Crippen LogP contribution < -0.4 is 26.3 Å². The Balaban J connectivity index is 1.63. The van der Waals surface area contributed by atoms with Crippen LogP contribution >= 0.6 is 23.2 Å². The Hall–Kier alpha value is -2.64. The number of nitrogens with zero attached hydrogens (tertiary/aromatic N) is 2. The minimum absolute atomic E-state index is 0.0442. The molecule has 0 saturated carbocycles. The quantitative estimate of drug-likeness (QED) is 0.561. The molecule has 0 saturated heterocycles. The molecular formula is C16H15Cl2N5O2. The molecule has 1 aliphatic rings. The number of benzene rings is 2. The molecule has 5 N–H and O–H groups in total. The van der Waals surface area contributed by atoms with E-state index in [2.05, 4.69) is 15.3 Å². The maximum Gasteiger partial charge on any atom is 0.231 e. The van der Waals surface area contributed by atoms with Gasteiger partial charge in [0.25, 0.3) is 0 Å². The molecule has 2 aromatic rings. The van der Waals surface area contributed by atoms with Gasteiger partial charge in [-0.2, -0.15) is 4.99 Å². The molecule has 1 heterocycles. The van der Waals surface area contributed by atoms with Gasteiger partial charge in [0.2, 0.25) is 18.7 Å². The summed E-state index contributed by atoms with van der Waals surface area (Å²) in [6.07, 6.45) is 0. The smallest absolute Gasteiger partial charge is 0.231 e. The van der Waals surface area contributed by atoms with Gasteiger partial charge in [0.05, 0.1) is 16.6 Å². The number of fused-ring (bicyclic) bond motifs is 1. The second-order valence-electron chi connectivity index (χ2n) is 5.11. The first kappa shape index (κ1) is 17.2. The fourth-order valence-electron chi connectivity index (χ4n) is 2.12. The maximum absolute atomic E-state index is 5.94. The van der Waals surface area contributed by atoms with Gasteiger partial charge < -0.3 is 26.3 Å². The van der Waals surface area contributed by atoms with Crippen LogP contribution in [0.4, 0.5) is 5.69 Å². The number of guanidine groups is 2. The van der Waals surface area contributed by atoms with Gasteiger partial charge in [-0.15, -0.1) is 0 Å². The number of hydrogen-bond donors (Lipinski definition) is 3. The summed E-state index contributed by atoms with van der Waals surface area (Å²) in [4.78, 5) is 8.17. The average Bonchev–Trinajstić information content (AvgIpc) is 3.04. The van der Waals surface area contributed by atoms with Crippen LogP contribution in [0.2, 0.25) is 10.0 Å². The zero-order valence-corrected chi connectivity index (χ0v) is 14.5. The molecule has 3 rings (SSSR count). The number of anilines is 1. The molecule has 9 heteroatoms. The molecule has 1 aliphatic heterocycles. The number of aliphatic imine (C=N–C) groups is 2. The third kappa shape index (κ3) is 4.46. The normalized spacial score (nSPS) is 13.8. The first-order valence-corrected chi connectivity index (χ1v) is 8.01. The van der Waals surface area contributed by atoms with Crippen molar-refractivity contribution in [1.29, 1.82) is 0 Å². The van der Waals surface area contributed by atoms with Crippen LogP contribution in [0, 0.1) is 0 Å². The third-order valence-corrected chi connectivity index (χ3v) is 4.03. The number of nitrogens with one attached hydrogen (secondary N) is 1. The molecule has 2 aromatic carbocycles. The summed E-state index contributed by atoms with van der Waals surface area (Å²) in [5.41, 5.74) is 13.1. The molecule has 0 unspecified atom stereocenters. The number of hydrogen-bond acceptors (Lipinski definition) is 3. The van der Waals surface area contributed by atoms with E-state index >= 15 is 0 Å². The van der Waals surface area contributed by atoms with Gasteiger partial charge in [0, 0.05) is 5.69 Å². The zero-order valence-electron chi connectivity index (χ0n) is 13.0. The Morgan fingerprint density at radius 3 is 2.64 bits per heavy atom. The molecule has 0 aliphatic carbocycles. The van der Waals surface area contributed by atoms with Crippen molar-refractivity contribution < 1.29 is 9.47 Å². The summed E-state index contributed by atoms with van der Waals surface area (Å²) in [6.45, 7) is 0.567. The van der Waals surface area contributed by atoms with Crippen LogP contribution in [0.15, 0.2) is 46.4 Å². The van der Waals surface area contributed by atoms with E-state index in [0.29, 0.717) is 33.8 Å². The van der Waals surface area contributed by atoms with Crippen molar-refractivity contribution in [1.82, 2.24) is 0 Å². The average molecular weight is 380 g/mol. The van der Waals surface area contributed by atoms with E-state index in [1.54, 1.807) is 18.2 Å². The number of nitrogens with two attached hydrogens (primary N) is 2. The molecule has 7 nitrogen and oxygen atoms in total. The predicted molar refractivity (Wildman–Crippen MR) is 99.6 cm³/mol. The first-order chi connectivity index (χ1) is 12.0. The topological polar surface area (TPSA) is 107 Å². The van der Waals surface area contributed by atoms with Crippen molar-refractivity contribution in [3.8, 4) is 11.5 Å². The molecule has 0 radical (unpaired) electrons. The van der Waals surface area contributed by atoms with Crippen LogP contribution in [0.5, 0.6) is 11.5 Å². The SMILES string of the molecule is NC(=NCc1ccc2c(c1)OCO2)/N=C(\N)Nc1ccc(Cl)c(Cl)c1. The summed E-state index contributed by atoms with van der Waals surface area (Å²) in [6, 6.07) is 10.6. The molecule has 0 atom stereocenters. The zero-order chi connectivity index (χ0) is 17.8. The lowest BCUT2D eigenvalue weighted by Gasteiger charge is -2.06. The predicted octanol–water partition coefficient (Wildman–Crippen LogP) is 2.96. The Kier molecular flexibility index (Phi) is 5.16. The standard InChI is InChI=1S/C16H15Cl2N5O2/c17-11-3-2-10(6-12(11)18)22-16(20)23-15(19)21-7-9-1-4-13-14(5-9)25-8-24-13/h1-6H,7-8H2,(H5,19,20,21,22,23). The lowest BCUT2D eigenvalue weighted by molar-refractivity contribution is 0.174. The summed E-state index contributed by atoms with van der Waals surface area (Å²) in [5, 5.41) is 3.72. The highest BCUT2D eigenvalue weighted by atomic mass is 35.5. The monoisotopic (exact) mass is 379 g/mol. The highest BCUT2D eigenvalue weighted by molar-refractivity contribution is 6.42. The van der Waals surface area contributed by atoms with E-state index in [1.807, 2.05) is 18.2 Å². The molecule has 0 fully saturated rings. The van der Waals surface area contributed by atoms with Crippen molar-refractivity contribution in [3.63, 3.8) is 0 Å². The van der Waals surface area contributed by atoms with E-state index < -0.39 is 0 Å². The first-order valence-electron chi connectivity index (χ1n) is 7.26. The van der Waals surface area contributed by atoms with Crippen LogP contribution in [-0.2, 0) is 6.54 Å². The highest BCUT2D eigenvalue weighted by Gasteiger charge is 2.12. The van der Waals surface area contributed by atoms with Gasteiger partial charge in [-0.05, 0) is 35.9 Å². The number of halogens is 2. The Morgan fingerprint density at radius 2 is 1.84 bits per heavy atom. The van der Waals surface area contributed by atoms with Crippen molar-refractivity contribution in [2.75, 3.05) is 12.1 Å². The summed E-state index contributed by atoms with van der Waals surface area (Å²) in [5.74, 6) is 1.54. The highest BCUT2D eigenvalue weighted by Crippen LogP contribution is 2.32.